The number of benzene rings is 1. The lowest BCUT2D eigenvalue weighted by atomic mass is 10.2. The Balaban J connectivity index is 2.80. The van der Waals surface area contributed by atoms with Crippen LogP contribution in [0, 0.1) is 0 Å². The number of hydrogen-bond acceptors (Lipinski definition) is 2. The second-order valence-corrected chi connectivity index (χ2v) is 3.79. The van der Waals surface area contributed by atoms with Gasteiger partial charge in [0.05, 0.1) is 18.3 Å². The molecule has 0 saturated heterocycles. The van der Waals surface area contributed by atoms with Gasteiger partial charge in [0.15, 0.2) is 0 Å². The van der Waals surface area contributed by atoms with Crippen molar-refractivity contribution in [3.05, 3.63) is 28.4 Å². The Morgan fingerprint density at radius 3 is 3.00 bits per heavy atom. The molecule has 3 nitrogen and oxygen atoms in total. The van der Waals surface area contributed by atoms with Gasteiger partial charge in [-0.3, -0.25) is 4.68 Å². The standard InChI is InChI=1S/C9H9BrN2O/c1-12-9-3-6(5-13)2-8(10)7(9)4-11-12/h2-4,13H,5H2,1H3. The van der Waals surface area contributed by atoms with Crippen LogP contribution in [-0.2, 0) is 13.7 Å². The van der Waals surface area contributed by atoms with Crippen molar-refractivity contribution in [1.82, 2.24) is 9.78 Å². The first-order valence-electron chi connectivity index (χ1n) is 3.93. The maximum absolute atomic E-state index is 9.00. The molecule has 1 aromatic carbocycles. The number of aliphatic hydroxyl groups excluding tert-OH is 1. The molecule has 2 rings (SSSR count). The fraction of sp³-hybridized carbons (Fsp3) is 0.222. The second-order valence-electron chi connectivity index (χ2n) is 2.94. The van der Waals surface area contributed by atoms with Crippen LogP contribution in [0.3, 0.4) is 0 Å². The predicted molar refractivity (Wildman–Crippen MR) is 54.3 cm³/mol. The summed E-state index contributed by atoms with van der Waals surface area (Å²) in [4.78, 5) is 0. The molecule has 0 saturated carbocycles. The van der Waals surface area contributed by atoms with E-state index in [4.69, 9.17) is 5.11 Å². The summed E-state index contributed by atoms with van der Waals surface area (Å²) >= 11 is 3.44. The normalized spacial score (nSPS) is 11.0. The van der Waals surface area contributed by atoms with Gasteiger partial charge in [0, 0.05) is 16.9 Å². The topological polar surface area (TPSA) is 38.0 Å². The van der Waals surface area contributed by atoms with Gasteiger partial charge in [-0.1, -0.05) is 15.9 Å². The van der Waals surface area contributed by atoms with Crippen LogP contribution in [0.4, 0.5) is 0 Å². The van der Waals surface area contributed by atoms with Gasteiger partial charge in [-0.05, 0) is 17.7 Å². The molecule has 0 radical (unpaired) electrons. The number of fused-ring (bicyclic) bond motifs is 1. The third-order valence-corrected chi connectivity index (χ3v) is 2.71. The highest BCUT2D eigenvalue weighted by Crippen LogP contribution is 2.25. The zero-order valence-corrected chi connectivity index (χ0v) is 8.74. The number of halogens is 1. The highest BCUT2D eigenvalue weighted by Gasteiger charge is 2.04. The van der Waals surface area contributed by atoms with E-state index in [1.807, 2.05) is 19.2 Å². The molecular weight excluding hydrogens is 232 g/mol. The molecule has 1 N–H and O–H groups in total. The molecular formula is C9H9BrN2O. The summed E-state index contributed by atoms with van der Waals surface area (Å²) in [7, 11) is 1.88. The van der Waals surface area contributed by atoms with Crippen LogP contribution in [0.25, 0.3) is 10.9 Å². The minimum absolute atomic E-state index is 0.0553. The Labute approximate surface area is 84.1 Å². The first kappa shape index (κ1) is 8.72. The number of rotatable bonds is 1. The van der Waals surface area contributed by atoms with Crippen LogP contribution in [0.5, 0.6) is 0 Å². The third kappa shape index (κ3) is 1.36. The van der Waals surface area contributed by atoms with Crippen LogP contribution in [0.1, 0.15) is 5.56 Å². The van der Waals surface area contributed by atoms with E-state index in [1.54, 1.807) is 10.9 Å². The van der Waals surface area contributed by atoms with E-state index in [1.165, 1.54) is 0 Å². The quantitative estimate of drug-likeness (QED) is 0.827. The highest BCUT2D eigenvalue weighted by molar-refractivity contribution is 9.10. The van der Waals surface area contributed by atoms with Gasteiger partial charge in [0.25, 0.3) is 0 Å². The highest BCUT2D eigenvalue weighted by atomic mass is 79.9. The molecule has 0 aliphatic carbocycles. The van der Waals surface area contributed by atoms with Crippen molar-refractivity contribution in [2.45, 2.75) is 6.61 Å². The van der Waals surface area contributed by atoms with Crippen molar-refractivity contribution in [3.63, 3.8) is 0 Å². The first-order chi connectivity index (χ1) is 6.22. The van der Waals surface area contributed by atoms with Crippen molar-refractivity contribution < 1.29 is 5.11 Å². The largest absolute Gasteiger partial charge is 0.392 e. The van der Waals surface area contributed by atoms with Gasteiger partial charge >= 0.3 is 0 Å². The minimum atomic E-state index is 0.0553. The Morgan fingerprint density at radius 1 is 1.54 bits per heavy atom. The molecule has 0 aliphatic heterocycles. The van der Waals surface area contributed by atoms with Crippen molar-refractivity contribution >= 4 is 26.8 Å². The average Bonchev–Trinajstić information content (AvgIpc) is 2.48. The van der Waals surface area contributed by atoms with Crippen LogP contribution in [0.2, 0.25) is 0 Å². The average molecular weight is 241 g/mol. The zero-order valence-electron chi connectivity index (χ0n) is 7.16. The predicted octanol–water partition coefficient (Wildman–Crippen LogP) is 1.83. The van der Waals surface area contributed by atoms with E-state index >= 15 is 0 Å². The van der Waals surface area contributed by atoms with Crippen molar-refractivity contribution in [3.8, 4) is 0 Å². The molecule has 0 bridgehead atoms. The molecule has 4 heteroatoms. The van der Waals surface area contributed by atoms with E-state index in [0.29, 0.717) is 0 Å². The fourth-order valence-electron chi connectivity index (χ4n) is 1.35. The van der Waals surface area contributed by atoms with Crippen LogP contribution < -0.4 is 0 Å². The molecule has 13 heavy (non-hydrogen) atoms. The maximum Gasteiger partial charge on any atom is 0.0694 e. The van der Waals surface area contributed by atoms with Crippen LogP contribution >= 0.6 is 15.9 Å². The molecule has 0 aliphatic rings. The Morgan fingerprint density at radius 2 is 2.31 bits per heavy atom. The molecule has 68 valence electrons. The maximum atomic E-state index is 9.00. The fourth-order valence-corrected chi connectivity index (χ4v) is 1.95. The first-order valence-corrected chi connectivity index (χ1v) is 4.72. The lowest BCUT2D eigenvalue weighted by Crippen LogP contribution is -1.90. The van der Waals surface area contributed by atoms with Gasteiger partial charge < -0.3 is 5.11 Å². The van der Waals surface area contributed by atoms with E-state index in [0.717, 1.165) is 20.9 Å². The zero-order chi connectivity index (χ0) is 9.42. The molecule has 1 aromatic heterocycles. The van der Waals surface area contributed by atoms with Crippen molar-refractivity contribution in [2.75, 3.05) is 0 Å². The third-order valence-electron chi connectivity index (χ3n) is 2.06. The summed E-state index contributed by atoms with van der Waals surface area (Å²) in [6.07, 6.45) is 1.81. The van der Waals surface area contributed by atoms with Gasteiger partial charge in [-0.25, -0.2) is 0 Å². The monoisotopic (exact) mass is 240 g/mol. The number of aromatic nitrogens is 2. The lowest BCUT2D eigenvalue weighted by molar-refractivity contribution is 0.282. The Hall–Kier alpha value is -0.870. The molecule has 0 atom stereocenters. The summed E-state index contributed by atoms with van der Waals surface area (Å²) in [5, 5.41) is 14.2. The van der Waals surface area contributed by atoms with E-state index in [9.17, 15) is 0 Å². The molecule has 0 fully saturated rings. The summed E-state index contributed by atoms with van der Waals surface area (Å²) in [5.74, 6) is 0. The van der Waals surface area contributed by atoms with E-state index in [-0.39, 0.29) is 6.61 Å². The lowest BCUT2D eigenvalue weighted by Gasteiger charge is -2.00. The Bertz CT molecular complexity index is 450. The van der Waals surface area contributed by atoms with Gasteiger partial charge in [0.2, 0.25) is 0 Å². The second kappa shape index (κ2) is 3.12. The van der Waals surface area contributed by atoms with Crippen molar-refractivity contribution in [2.24, 2.45) is 7.05 Å². The van der Waals surface area contributed by atoms with Crippen LogP contribution in [0.15, 0.2) is 22.8 Å². The van der Waals surface area contributed by atoms with E-state index in [2.05, 4.69) is 21.0 Å². The molecule has 0 spiro atoms. The summed E-state index contributed by atoms with van der Waals surface area (Å²) in [6.45, 7) is 0.0553. The van der Waals surface area contributed by atoms with Gasteiger partial charge in [0.1, 0.15) is 0 Å². The number of hydrogen-bond donors (Lipinski definition) is 1. The summed E-state index contributed by atoms with van der Waals surface area (Å²) < 4.78 is 2.77. The number of aliphatic hydroxyl groups is 1. The minimum Gasteiger partial charge on any atom is -0.392 e. The molecule has 2 aromatic rings. The Kier molecular flexibility index (Phi) is 2.09. The SMILES string of the molecule is Cn1ncc2c(Br)cc(CO)cc21. The summed E-state index contributed by atoms with van der Waals surface area (Å²) in [5.41, 5.74) is 1.92. The van der Waals surface area contributed by atoms with Gasteiger partial charge in [-0.2, -0.15) is 5.10 Å². The summed E-state index contributed by atoms with van der Waals surface area (Å²) in [6, 6.07) is 3.84. The van der Waals surface area contributed by atoms with E-state index < -0.39 is 0 Å². The van der Waals surface area contributed by atoms with Crippen LogP contribution in [-0.4, -0.2) is 14.9 Å². The number of aryl methyl sites for hydroxylation is 1. The molecule has 1 heterocycles. The van der Waals surface area contributed by atoms with Crippen molar-refractivity contribution in [1.29, 1.82) is 0 Å². The van der Waals surface area contributed by atoms with Gasteiger partial charge in [-0.15, -0.1) is 0 Å². The molecule has 0 amide bonds. The number of nitrogens with zero attached hydrogens (tertiary/aromatic N) is 2. The molecule has 0 unspecified atom stereocenters. The smallest absolute Gasteiger partial charge is 0.0694 e.